The summed E-state index contributed by atoms with van der Waals surface area (Å²) in [6.45, 7) is 5.73. The molecule has 3 aliphatic rings. The lowest BCUT2D eigenvalue weighted by Gasteiger charge is -2.53. The molecule has 1 aliphatic heterocycles. The number of hydrogen-bond donors (Lipinski definition) is 1. The second-order valence-corrected chi connectivity index (χ2v) is 9.13. The quantitative estimate of drug-likeness (QED) is 0.850. The topological polar surface area (TPSA) is 47.6 Å². The number of amides is 1. The largest absolute Gasteiger partial charge is 0.384 e. The highest BCUT2D eigenvalue weighted by Crippen LogP contribution is 2.70. The van der Waals surface area contributed by atoms with Gasteiger partial charge < -0.3 is 14.8 Å². The van der Waals surface area contributed by atoms with Crippen LogP contribution in [0.5, 0.6) is 0 Å². The summed E-state index contributed by atoms with van der Waals surface area (Å²) >= 11 is 0. The summed E-state index contributed by atoms with van der Waals surface area (Å²) in [5.41, 5.74) is 1.19. The van der Waals surface area contributed by atoms with Gasteiger partial charge in [0.2, 0.25) is 5.91 Å². The molecule has 4 rings (SSSR count). The maximum Gasteiger partial charge on any atom is 0.222 e. The number of carbonyl (C=O) groups is 1. The van der Waals surface area contributed by atoms with E-state index in [9.17, 15) is 9.18 Å². The second kappa shape index (κ2) is 6.85. The molecule has 3 fully saturated rings. The average molecular weight is 375 g/mol. The minimum atomic E-state index is -0.221. The molecule has 0 radical (unpaired) electrons. The van der Waals surface area contributed by atoms with Crippen LogP contribution in [0.3, 0.4) is 0 Å². The summed E-state index contributed by atoms with van der Waals surface area (Å²) in [6.07, 6.45) is 3.61. The molecule has 27 heavy (non-hydrogen) atoms. The highest BCUT2D eigenvalue weighted by atomic mass is 19.1. The van der Waals surface area contributed by atoms with Gasteiger partial charge in [-0.15, -0.1) is 0 Å². The fourth-order valence-electron chi connectivity index (χ4n) is 6.20. The van der Waals surface area contributed by atoms with E-state index >= 15 is 0 Å². The lowest BCUT2D eigenvalue weighted by atomic mass is 9.59. The Hall–Kier alpha value is -1.46. The maximum absolute atomic E-state index is 13.4. The Kier molecular flexibility index (Phi) is 4.79. The third-order valence-electron chi connectivity index (χ3n) is 7.54. The van der Waals surface area contributed by atoms with Crippen molar-refractivity contribution < 1.29 is 18.7 Å². The van der Waals surface area contributed by atoms with Gasteiger partial charge >= 0.3 is 0 Å². The number of ether oxygens (including phenoxy) is 2. The smallest absolute Gasteiger partial charge is 0.222 e. The van der Waals surface area contributed by atoms with Gasteiger partial charge in [0.15, 0.2) is 0 Å². The molecule has 0 unspecified atom stereocenters. The van der Waals surface area contributed by atoms with E-state index in [1.807, 2.05) is 12.1 Å². The van der Waals surface area contributed by atoms with Crippen molar-refractivity contribution >= 4 is 5.91 Å². The van der Waals surface area contributed by atoms with Crippen LogP contribution in [0, 0.1) is 28.5 Å². The normalized spacial score (nSPS) is 36.4. The lowest BCUT2D eigenvalue weighted by Crippen LogP contribution is -2.59. The first-order chi connectivity index (χ1) is 12.9. The van der Waals surface area contributed by atoms with E-state index in [0.717, 1.165) is 24.8 Å². The van der Waals surface area contributed by atoms with E-state index in [0.29, 0.717) is 31.5 Å². The third-order valence-corrected chi connectivity index (χ3v) is 7.54. The van der Waals surface area contributed by atoms with Crippen LogP contribution in [-0.4, -0.2) is 32.3 Å². The second-order valence-electron chi connectivity index (χ2n) is 9.13. The maximum atomic E-state index is 13.4. The molecule has 148 valence electrons. The molecule has 1 aromatic rings. The minimum Gasteiger partial charge on any atom is -0.384 e. The van der Waals surface area contributed by atoms with Gasteiger partial charge in [0.05, 0.1) is 12.7 Å². The first kappa shape index (κ1) is 18.9. The summed E-state index contributed by atoms with van der Waals surface area (Å²) in [7, 11) is 1.62. The zero-order valence-electron chi connectivity index (χ0n) is 16.5. The number of halogens is 1. The van der Waals surface area contributed by atoms with Crippen LogP contribution in [0.4, 0.5) is 4.39 Å². The van der Waals surface area contributed by atoms with Gasteiger partial charge in [-0.3, -0.25) is 4.79 Å². The first-order valence-corrected chi connectivity index (χ1v) is 10.0. The summed E-state index contributed by atoms with van der Waals surface area (Å²) in [6, 6.07) is 6.87. The molecule has 2 aliphatic carbocycles. The number of hydrogen-bond acceptors (Lipinski definition) is 3. The SMILES string of the molecule is COCCC(=O)N[C@H]1C(C)(C)[C@@H]2C[C@@H]3[C@@H](c4ccc(F)cc4)OCC[C@@]31C2. The summed E-state index contributed by atoms with van der Waals surface area (Å²) < 4.78 is 24.6. The molecule has 5 atom stereocenters. The van der Waals surface area contributed by atoms with E-state index in [-0.39, 0.29) is 34.7 Å². The summed E-state index contributed by atoms with van der Waals surface area (Å²) in [4.78, 5) is 12.5. The number of methoxy groups -OCH3 is 1. The Morgan fingerprint density at radius 2 is 2.07 bits per heavy atom. The molecular weight excluding hydrogens is 345 g/mol. The number of rotatable bonds is 5. The molecule has 1 amide bonds. The van der Waals surface area contributed by atoms with Gasteiger partial charge in [-0.05, 0) is 59.6 Å². The number of fused-ring (bicyclic) bond motifs is 1. The van der Waals surface area contributed by atoms with Crippen molar-refractivity contribution in [3.05, 3.63) is 35.6 Å². The van der Waals surface area contributed by atoms with Crippen molar-refractivity contribution in [3.8, 4) is 0 Å². The van der Waals surface area contributed by atoms with Crippen LogP contribution in [-0.2, 0) is 14.3 Å². The van der Waals surface area contributed by atoms with Gasteiger partial charge in [0.25, 0.3) is 0 Å². The molecule has 1 N–H and O–H groups in total. The van der Waals surface area contributed by atoms with Gasteiger partial charge in [-0.2, -0.15) is 0 Å². The van der Waals surface area contributed by atoms with E-state index < -0.39 is 0 Å². The number of nitrogens with one attached hydrogen (secondary N) is 1. The fraction of sp³-hybridized carbons (Fsp3) is 0.682. The predicted octanol–water partition coefficient (Wildman–Crippen LogP) is 3.86. The number of carbonyl (C=O) groups excluding carboxylic acids is 1. The summed E-state index contributed by atoms with van der Waals surface area (Å²) in [5.74, 6) is 0.782. The van der Waals surface area contributed by atoms with Gasteiger partial charge in [-0.1, -0.05) is 26.0 Å². The Labute approximate surface area is 160 Å². The number of benzene rings is 1. The molecular formula is C22H30FNO3. The Morgan fingerprint density at radius 1 is 1.33 bits per heavy atom. The fourth-order valence-corrected chi connectivity index (χ4v) is 6.20. The molecule has 4 nitrogen and oxygen atoms in total. The van der Waals surface area contributed by atoms with Crippen LogP contribution in [0.2, 0.25) is 0 Å². The minimum absolute atomic E-state index is 0.0150. The van der Waals surface area contributed by atoms with Crippen molar-refractivity contribution in [3.63, 3.8) is 0 Å². The van der Waals surface area contributed by atoms with Crippen molar-refractivity contribution in [1.82, 2.24) is 5.32 Å². The molecule has 2 saturated carbocycles. The zero-order chi connectivity index (χ0) is 19.2. The first-order valence-electron chi connectivity index (χ1n) is 10.0. The van der Waals surface area contributed by atoms with Crippen molar-refractivity contribution in [2.75, 3.05) is 20.3 Å². The van der Waals surface area contributed by atoms with Crippen LogP contribution in [0.25, 0.3) is 0 Å². The zero-order valence-corrected chi connectivity index (χ0v) is 16.5. The summed E-state index contributed by atoms with van der Waals surface area (Å²) in [5, 5.41) is 3.37. The van der Waals surface area contributed by atoms with E-state index in [2.05, 4.69) is 19.2 Å². The standard InChI is InChI=1S/C22H30FNO3/c1-21(2)15-12-17-19(14-4-6-16(23)7-5-14)27-11-9-22(17,13-15)20(21)24-18(25)8-10-26-3/h4-7,15,17,19-20H,8-13H2,1-3H3,(H,24,25)/t15-,17-,19-,20+,22-/m1/s1. The van der Waals surface area contributed by atoms with Crippen LogP contribution in [0.1, 0.15) is 51.2 Å². The average Bonchev–Trinajstić information content (AvgIpc) is 3.13. The van der Waals surface area contributed by atoms with Gasteiger partial charge in [0, 0.05) is 26.2 Å². The van der Waals surface area contributed by atoms with Crippen LogP contribution >= 0.6 is 0 Å². The molecule has 1 saturated heterocycles. The van der Waals surface area contributed by atoms with Crippen LogP contribution in [0.15, 0.2) is 24.3 Å². The van der Waals surface area contributed by atoms with Gasteiger partial charge in [0.1, 0.15) is 5.82 Å². The van der Waals surface area contributed by atoms with E-state index in [1.165, 1.54) is 12.1 Å². The van der Waals surface area contributed by atoms with Gasteiger partial charge in [-0.25, -0.2) is 4.39 Å². The molecule has 0 aromatic heterocycles. The Morgan fingerprint density at radius 3 is 2.78 bits per heavy atom. The highest BCUT2D eigenvalue weighted by Gasteiger charge is 2.68. The molecule has 2 bridgehead atoms. The Balaban J connectivity index is 1.62. The molecule has 5 heteroatoms. The van der Waals surface area contributed by atoms with E-state index in [4.69, 9.17) is 9.47 Å². The predicted molar refractivity (Wildman–Crippen MR) is 101 cm³/mol. The lowest BCUT2D eigenvalue weighted by molar-refractivity contribution is -0.137. The van der Waals surface area contributed by atoms with Crippen LogP contribution < -0.4 is 5.32 Å². The molecule has 1 spiro atoms. The van der Waals surface area contributed by atoms with E-state index in [1.54, 1.807) is 7.11 Å². The van der Waals surface area contributed by atoms with Crippen molar-refractivity contribution in [1.29, 1.82) is 0 Å². The van der Waals surface area contributed by atoms with Crippen molar-refractivity contribution in [2.45, 2.75) is 51.7 Å². The van der Waals surface area contributed by atoms with Crippen molar-refractivity contribution in [2.24, 2.45) is 22.7 Å². The molecule has 1 heterocycles. The Bertz CT molecular complexity index is 704. The monoisotopic (exact) mass is 375 g/mol. The highest BCUT2D eigenvalue weighted by molar-refractivity contribution is 5.76. The molecule has 1 aromatic carbocycles. The third kappa shape index (κ3) is 2.99.